The van der Waals surface area contributed by atoms with Crippen LogP contribution in [0.25, 0.3) is 0 Å². The fraction of sp³-hybridized carbons (Fsp3) is 0.333. The van der Waals surface area contributed by atoms with Crippen LogP contribution in [0, 0.1) is 0 Å². The second-order valence-electron chi connectivity index (χ2n) is 5.00. The molecule has 2 aromatic rings. The van der Waals surface area contributed by atoms with Crippen LogP contribution in [0.1, 0.15) is 36.3 Å². The minimum absolute atomic E-state index is 0.269. The lowest BCUT2D eigenvalue weighted by atomic mass is 9.90. The van der Waals surface area contributed by atoms with Crippen molar-refractivity contribution in [1.82, 2.24) is 0 Å². The van der Waals surface area contributed by atoms with Crippen LogP contribution in [0.5, 0.6) is 0 Å². The van der Waals surface area contributed by atoms with Gasteiger partial charge < -0.3 is 5.11 Å². The molecule has 0 heterocycles. The summed E-state index contributed by atoms with van der Waals surface area (Å²) in [6.07, 6.45) is 4.29. The maximum absolute atomic E-state index is 9.21. The Labute approximate surface area is 115 Å². The molecule has 0 aliphatic rings. The molecule has 0 radical (unpaired) electrons. The molecule has 1 atom stereocenters. The van der Waals surface area contributed by atoms with Crippen molar-refractivity contribution in [2.45, 2.75) is 31.6 Å². The molecule has 2 aromatic carbocycles. The van der Waals surface area contributed by atoms with Gasteiger partial charge in [0.15, 0.2) is 0 Å². The summed E-state index contributed by atoms with van der Waals surface area (Å²) in [6, 6.07) is 21.2. The second kappa shape index (κ2) is 7.75. The highest BCUT2D eigenvalue weighted by molar-refractivity contribution is 5.20. The zero-order valence-corrected chi connectivity index (χ0v) is 11.3. The van der Waals surface area contributed by atoms with Gasteiger partial charge in [0.25, 0.3) is 0 Å². The van der Waals surface area contributed by atoms with Gasteiger partial charge in [-0.15, -0.1) is 0 Å². The average Bonchev–Trinajstić information content (AvgIpc) is 2.48. The zero-order valence-electron chi connectivity index (χ0n) is 11.3. The molecule has 0 spiro atoms. The van der Waals surface area contributed by atoms with Gasteiger partial charge in [-0.2, -0.15) is 0 Å². The van der Waals surface area contributed by atoms with Gasteiger partial charge in [-0.25, -0.2) is 0 Å². The summed E-state index contributed by atoms with van der Waals surface area (Å²) in [5.74, 6) is 0.481. The molecule has 0 fully saturated rings. The molecule has 0 aliphatic heterocycles. The quantitative estimate of drug-likeness (QED) is 0.786. The molecule has 1 N–H and O–H groups in total. The molecule has 2 rings (SSSR count). The van der Waals surface area contributed by atoms with E-state index in [1.807, 2.05) is 6.07 Å². The standard InChI is InChI=1S/C18H22O/c19-15-14-18(17-11-5-2-6-12-17)13-7-10-16-8-3-1-4-9-16/h1-6,8-9,11-12,18-19H,7,10,13-15H2. The second-order valence-corrected chi connectivity index (χ2v) is 5.00. The number of benzene rings is 2. The van der Waals surface area contributed by atoms with Gasteiger partial charge in [0, 0.05) is 6.61 Å². The van der Waals surface area contributed by atoms with Crippen LogP contribution < -0.4 is 0 Å². The third-order valence-corrected chi connectivity index (χ3v) is 3.61. The maximum atomic E-state index is 9.21. The molecule has 19 heavy (non-hydrogen) atoms. The molecule has 1 unspecified atom stereocenters. The van der Waals surface area contributed by atoms with Gasteiger partial charge >= 0.3 is 0 Å². The first kappa shape index (κ1) is 13.8. The number of aliphatic hydroxyl groups excluding tert-OH is 1. The lowest BCUT2D eigenvalue weighted by Gasteiger charge is -2.16. The first-order valence-electron chi connectivity index (χ1n) is 7.10. The highest BCUT2D eigenvalue weighted by Crippen LogP contribution is 2.25. The van der Waals surface area contributed by atoms with Gasteiger partial charge in [-0.1, -0.05) is 60.7 Å². The Hall–Kier alpha value is -1.60. The Kier molecular flexibility index (Phi) is 5.64. The van der Waals surface area contributed by atoms with E-state index < -0.39 is 0 Å². The topological polar surface area (TPSA) is 20.2 Å². The van der Waals surface area contributed by atoms with Gasteiger partial charge in [0.2, 0.25) is 0 Å². The molecule has 0 saturated heterocycles. The van der Waals surface area contributed by atoms with Crippen LogP contribution in [-0.4, -0.2) is 11.7 Å². The molecule has 0 amide bonds. The predicted octanol–water partition coefficient (Wildman–Crippen LogP) is 4.18. The largest absolute Gasteiger partial charge is 0.396 e. The molecule has 100 valence electrons. The summed E-state index contributed by atoms with van der Waals surface area (Å²) < 4.78 is 0. The van der Waals surface area contributed by atoms with Crippen molar-refractivity contribution in [3.63, 3.8) is 0 Å². The van der Waals surface area contributed by atoms with E-state index in [1.54, 1.807) is 0 Å². The van der Waals surface area contributed by atoms with Crippen LogP contribution >= 0.6 is 0 Å². The van der Waals surface area contributed by atoms with Gasteiger partial charge in [-0.3, -0.25) is 0 Å². The van der Waals surface area contributed by atoms with Crippen LogP contribution in [0.2, 0.25) is 0 Å². The highest BCUT2D eigenvalue weighted by Gasteiger charge is 2.10. The minimum Gasteiger partial charge on any atom is -0.396 e. The lowest BCUT2D eigenvalue weighted by molar-refractivity contribution is 0.272. The van der Waals surface area contributed by atoms with E-state index >= 15 is 0 Å². The molecular weight excluding hydrogens is 232 g/mol. The monoisotopic (exact) mass is 254 g/mol. The van der Waals surface area contributed by atoms with Crippen LogP contribution in [-0.2, 0) is 6.42 Å². The van der Waals surface area contributed by atoms with E-state index in [9.17, 15) is 5.11 Å². The van der Waals surface area contributed by atoms with Crippen molar-refractivity contribution in [2.75, 3.05) is 6.61 Å². The highest BCUT2D eigenvalue weighted by atomic mass is 16.3. The first-order valence-corrected chi connectivity index (χ1v) is 7.10. The number of hydrogen-bond acceptors (Lipinski definition) is 1. The van der Waals surface area contributed by atoms with E-state index in [-0.39, 0.29) is 6.61 Å². The van der Waals surface area contributed by atoms with E-state index in [0.717, 1.165) is 19.3 Å². The van der Waals surface area contributed by atoms with Crippen LogP contribution in [0.15, 0.2) is 60.7 Å². The molecule has 0 saturated carbocycles. The first-order chi connectivity index (χ1) is 9.40. The van der Waals surface area contributed by atoms with Crippen molar-refractivity contribution in [3.8, 4) is 0 Å². The third-order valence-electron chi connectivity index (χ3n) is 3.61. The summed E-state index contributed by atoms with van der Waals surface area (Å²) >= 11 is 0. The Balaban J connectivity index is 1.87. The van der Waals surface area contributed by atoms with E-state index in [0.29, 0.717) is 5.92 Å². The smallest absolute Gasteiger partial charge is 0.0436 e. The van der Waals surface area contributed by atoms with Gasteiger partial charge in [0.05, 0.1) is 0 Å². The number of aliphatic hydroxyl groups is 1. The van der Waals surface area contributed by atoms with Crippen LogP contribution in [0.4, 0.5) is 0 Å². The van der Waals surface area contributed by atoms with Gasteiger partial charge in [0.1, 0.15) is 0 Å². The zero-order chi connectivity index (χ0) is 13.3. The lowest BCUT2D eigenvalue weighted by Crippen LogP contribution is -2.02. The number of aryl methyl sites for hydroxylation is 1. The maximum Gasteiger partial charge on any atom is 0.0436 e. The Morgan fingerprint density at radius 3 is 2.05 bits per heavy atom. The SMILES string of the molecule is OCCC(CCCc1ccccc1)c1ccccc1. The van der Waals surface area contributed by atoms with Crippen molar-refractivity contribution >= 4 is 0 Å². The number of rotatable bonds is 7. The minimum atomic E-state index is 0.269. The summed E-state index contributed by atoms with van der Waals surface area (Å²) in [7, 11) is 0. The fourth-order valence-electron chi connectivity index (χ4n) is 2.56. The summed E-state index contributed by atoms with van der Waals surface area (Å²) in [4.78, 5) is 0. The molecule has 1 heteroatoms. The molecule has 0 aliphatic carbocycles. The van der Waals surface area contributed by atoms with E-state index in [1.165, 1.54) is 17.5 Å². The summed E-state index contributed by atoms with van der Waals surface area (Å²) in [5, 5.41) is 9.21. The summed E-state index contributed by atoms with van der Waals surface area (Å²) in [5.41, 5.74) is 2.75. The molecule has 0 aromatic heterocycles. The summed E-state index contributed by atoms with van der Waals surface area (Å²) in [6.45, 7) is 0.269. The van der Waals surface area contributed by atoms with E-state index in [2.05, 4.69) is 54.6 Å². The fourth-order valence-corrected chi connectivity index (χ4v) is 2.56. The van der Waals surface area contributed by atoms with Crippen LogP contribution in [0.3, 0.4) is 0 Å². The van der Waals surface area contributed by atoms with Gasteiger partial charge in [-0.05, 0) is 42.7 Å². The Morgan fingerprint density at radius 2 is 1.42 bits per heavy atom. The van der Waals surface area contributed by atoms with Crippen molar-refractivity contribution in [3.05, 3.63) is 71.8 Å². The Morgan fingerprint density at radius 1 is 0.789 bits per heavy atom. The average molecular weight is 254 g/mol. The van der Waals surface area contributed by atoms with Crippen molar-refractivity contribution < 1.29 is 5.11 Å². The molecule has 1 nitrogen and oxygen atoms in total. The molecular formula is C18H22O. The van der Waals surface area contributed by atoms with Crippen molar-refractivity contribution in [2.24, 2.45) is 0 Å². The Bertz CT molecular complexity index is 450. The number of hydrogen-bond donors (Lipinski definition) is 1. The van der Waals surface area contributed by atoms with Crippen molar-refractivity contribution in [1.29, 1.82) is 0 Å². The predicted molar refractivity (Wildman–Crippen MR) is 80.3 cm³/mol. The van der Waals surface area contributed by atoms with E-state index in [4.69, 9.17) is 0 Å². The molecule has 0 bridgehead atoms. The normalized spacial score (nSPS) is 12.3. The third kappa shape index (κ3) is 4.53.